The topological polar surface area (TPSA) is 115 Å². The summed E-state index contributed by atoms with van der Waals surface area (Å²) in [5.41, 5.74) is 0. The van der Waals surface area contributed by atoms with E-state index in [-0.39, 0.29) is 43.4 Å². The Hall–Kier alpha value is -1.89. The Bertz CT molecular complexity index is 574. The molecule has 0 saturated carbocycles. The molecule has 0 spiro atoms. The lowest BCUT2D eigenvalue weighted by Gasteiger charge is -2.38. The predicted octanol–water partition coefficient (Wildman–Crippen LogP) is 6.10. The lowest BCUT2D eigenvalue weighted by atomic mass is 10.1. The maximum atomic E-state index is 11.1. The molecule has 0 rings (SSSR count). The molecular formula is C30H55NO6. The molecule has 216 valence electrons. The van der Waals surface area contributed by atoms with Crippen molar-refractivity contribution in [2.75, 3.05) is 26.2 Å². The van der Waals surface area contributed by atoms with E-state index < -0.39 is 17.9 Å². The molecular weight excluding hydrogens is 470 g/mol. The number of allylic oxidation sites excluding steroid dienone is 2. The molecule has 0 heterocycles. The SMILES string of the molecule is CCCCCCCCCC/C=C/CCCCCCCCC[N+](CCC(=O)[O-])(CCC(=O)O)CCC(=O)O. The third-order valence-electron chi connectivity index (χ3n) is 7.28. The van der Waals surface area contributed by atoms with Gasteiger partial charge >= 0.3 is 11.9 Å². The summed E-state index contributed by atoms with van der Waals surface area (Å²) in [4.78, 5) is 33.2. The molecule has 37 heavy (non-hydrogen) atoms. The first-order chi connectivity index (χ1) is 17.8. The van der Waals surface area contributed by atoms with Crippen molar-refractivity contribution < 1.29 is 34.2 Å². The van der Waals surface area contributed by atoms with Gasteiger partial charge in [0.2, 0.25) is 0 Å². The summed E-state index contributed by atoms with van der Waals surface area (Å²) in [6, 6.07) is 0. The van der Waals surface area contributed by atoms with Gasteiger partial charge in [-0.3, -0.25) is 9.59 Å². The van der Waals surface area contributed by atoms with Crippen LogP contribution in [0.2, 0.25) is 0 Å². The molecule has 0 bridgehead atoms. The van der Waals surface area contributed by atoms with Crippen molar-refractivity contribution in [3.05, 3.63) is 12.2 Å². The average Bonchev–Trinajstić information content (AvgIpc) is 2.85. The van der Waals surface area contributed by atoms with Gasteiger partial charge in [-0.15, -0.1) is 0 Å². The van der Waals surface area contributed by atoms with Gasteiger partial charge in [-0.1, -0.05) is 89.7 Å². The summed E-state index contributed by atoms with van der Waals surface area (Å²) in [5.74, 6) is -3.08. The lowest BCUT2D eigenvalue weighted by molar-refractivity contribution is -0.927. The van der Waals surface area contributed by atoms with Crippen LogP contribution >= 0.6 is 0 Å². The van der Waals surface area contributed by atoms with Crippen LogP contribution in [0.25, 0.3) is 0 Å². The second-order valence-electron chi connectivity index (χ2n) is 10.6. The minimum atomic E-state index is -1.18. The van der Waals surface area contributed by atoms with Crippen LogP contribution in [0.15, 0.2) is 12.2 Å². The minimum Gasteiger partial charge on any atom is -0.550 e. The van der Waals surface area contributed by atoms with Gasteiger partial charge < -0.3 is 24.6 Å². The summed E-state index contributed by atoms with van der Waals surface area (Å²) >= 11 is 0. The molecule has 0 amide bonds. The van der Waals surface area contributed by atoms with E-state index >= 15 is 0 Å². The second-order valence-corrected chi connectivity index (χ2v) is 10.6. The first-order valence-corrected chi connectivity index (χ1v) is 14.9. The van der Waals surface area contributed by atoms with Crippen molar-refractivity contribution in [2.45, 2.75) is 135 Å². The van der Waals surface area contributed by atoms with Crippen LogP contribution in [0.5, 0.6) is 0 Å². The molecule has 7 heteroatoms. The van der Waals surface area contributed by atoms with Gasteiger partial charge in [0.1, 0.15) is 0 Å². The van der Waals surface area contributed by atoms with Crippen LogP contribution in [0.3, 0.4) is 0 Å². The lowest BCUT2D eigenvalue weighted by Crippen LogP contribution is -2.53. The Labute approximate surface area is 225 Å². The standard InChI is InChI=1S/C30H55NO6/c1-2-3-4-5-6-7-8-9-10-11-12-13-14-15-16-17-18-19-20-24-31(25-21-28(32)33,26-22-29(34)35)27-23-30(36)37/h11-12H,2-10,13-27H2,1H3,(H2-,32,33,34,35,36,37)/b12-11+. The molecule has 7 nitrogen and oxygen atoms in total. The van der Waals surface area contributed by atoms with Gasteiger partial charge in [0, 0.05) is 12.4 Å². The van der Waals surface area contributed by atoms with Crippen LogP contribution in [-0.4, -0.2) is 58.8 Å². The molecule has 0 aliphatic carbocycles. The van der Waals surface area contributed by atoms with E-state index in [0.29, 0.717) is 6.54 Å². The summed E-state index contributed by atoms with van der Waals surface area (Å²) < 4.78 is 0.220. The van der Waals surface area contributed by atoms with E-state index in [0.717, 1.165) is 32.1 Å². The fraction of sp³-hybridized carbons (Fsp3) is 0.833. The normalized spacial score (nSPS) is 11.8. The number of unbranched alkanes of at least 4 members (excludes halogenated alkanes) is 15. The smallest absolute Gasteiger partial charge is 0.309 e. The van der Waals surface area contributed by atoms with Crippen LogP contribution < -0.4 is 5.11 Å². The molecule has 0 aliphatic rings. The number of aliphatic carboxylic acids is 3. The first-order valence-electron chi connectivity index (χ1n) is 14.9. The maximum absolute atomic E-state index is 11.1. The molecule has 0 aliphatic heterocycles. The maximum Gasteiger partial charge on any atom is 0.309 e. The van der Waals surface area contributed by atoms with E-state index in [1.54, 1.807) is 0 Å². The third kappa shape index (κ3) is 24.2. The van der Waals surface area contributed by atoms with Gasteiger partial charge in [0.05, 0.1) is 39.0 Å². The van der Waals surface area contributed by atoms with Crippen molar-refractivity contribution in [3.63, 3.8) is 0 Å². The first kappa shape index (κ1) is 35.1. The molecule has 2 N–H and O–H groups in total. The minimum absolute atomic E-state index is 0.0970. The van der Waals surface area contributed by atoms with Gasteiger partial charge in [-0.25, -0.2) is 0 Å². The van der Waals surface area contributed by atoms with Gasteiger partial charge in [0.15, 0.2) is 0 Å². The van der Waals surface area contributed by atoms with Crippen LogP contribution in [0, 0.1) is 0 Å². The van der Waals surface area contributed by atoms with Gasteiger partial charge in [0.25, 0.3) is 0 Å². The van der Waals surface area contributed by atoms with Crippen molar-refractivity contribution in [1.82, 2.24) is 0 Å². The summed E-state index contributed by atoms with van der Waals surface area (Å²) in [5, 5.41) is 29.2. The second kappa shape index (κ2) is 24.4. The number of carbonyl (C=O) groups is 3. The van der Waals surface area contributed by atoms with Crippen LogP contribution in [0.1, 0.15) is 135 Å². The molecule has 0 unspecified atom stereocenters. The zero-order valence-corrected chi connectivity index (χ0v) is 23.6. The monoisotopic (exact) mass is 525 g/mol. The summed E-state index contributed by atoms with van der Waals surface area (Å²) in [7, 11) is 0. The van der Waals surface area contributed by atoms with Crippen molar-refractivity contribution in [3.8, 4) is 0 Å². The molecule has 0 aromatic heterocycles. The van der Waals surface area contributed by atoms with Crippen molar-refractivity contribution in [1.29, 1.82) is 0 Å². The van der Waals surface area contributed by atoms with E-state index in [4.69, 9.17) is 10.2 Å². The highest BCUT2D eigenvalue weighted by Gasteiger charge is 2.28. The third-order valence-corrected chi connectivity index (χ3v) is 7.28. The van der Waals surface area contributed by atoms with Crippen molar-refractivity contribution in [2.24, 2.45) is 0 Å². The quantitative estimate of drug-likeness (QED) is 0.0724. The predicted molar refractivity (Wildman–Crippen MR) is 147 cm³/mol. The number of hydrogen-bond donors (Lipinski definition) is 2. The number of quaternary nitrogens is 1. The Morgan fingerprint density at radius 2 is 0.946 bits per heavy atom. The fourth-order valence-corrected chi connectivity index (χ4v) is 4.89. The molecule has 0 saturated heterocycles. The number of carboxylic acid groups (broad SMARTS) is 3. The van der Waals surface area contributed by atoms with E-state index in [2.05, 4.69) is 19.1 Å². The van der Waals surface area contributed by atoms with E-state index in [1.165, 1.54) is 77.0 Å². The highest BCUT2D eigenvalue weighted by atomic mass is 16.4. The summed E-state index contributed by atoms with van der Waals surface area (Å²) in [6.07, 6.45) is 25.3. The van der Waals surface area contributed by atoms with Crippen molar-refractivity contribution >= 4 is 17.9 Å². The molecule has 0 fully saturated rings. The van der Waals surface area contributed by atoms with E-state index in [9.17, 15) is 19.5 Å². The molecule has 0 atom stereocenters. The highest BCUT2D eigenvalue weighted by molar-refractivity contribution is 5.67. The molecule has 0 radical (unpaired) electrons. The zero-order chi connectivity index (χ0) is 27.6. The number of carboxylic acids is 3. The highest BCUT2D eigenvalue weighted by Crippen LogP contribution is 2.17. The van der Waals surface area contributed by atoms with Crippen LogP contribution in [-0.2, 0) is 14.4 Å². The van der Waals surface area contributed by atoms with Crippen LogP contribution in [0.4, 0.5) is 0 Å². The molecule has 0 aromatic rings. The Morgan fingerprint density at radius 3 is 1.35 bits per heavy atom. The Balaban J connectivity index is 3.97. The number of nitrogens with zero attached hydrogens (tertiary/aromatic N) is 1. The molecule has 0 aromatic carbocycles. The fourth-order valence-electron chi connectivity index (χ4n) is 4.89. The van der Waals surface area contributed by atoms with Gasteiger partial charge in [-0.05, 0) is 38.5 Å². The number of hydrogen-bond acceptors (Lipinski definition) is 4. The largest absolute Gasteiger partial charge is 0.550 e. The Morgan fingerprint density at radius 1 is 0.568 bits per heavy atom. The van der Waals surface area contributed by atoms with Gasteiger partial charge in [-0.2, -0.15) is 0 Å². The number of rotatable bonds is 28. The summed E-state index contributed by atoms with van der Waals surface area (Å²) in [6.45, 7) is 3.59. The van der Waals surface area contributed by atoms with E-state index in [1.807, 2.05) is 0 Å². The number of carbonyl (C=O) groups excluding carboxylic acids is 1. The zero-order valence-electron chi connectivity index (χ0n) is 23.6. The Kier molecular flexibility index (Phi) is 23.2. The average molecular weight is 526 g/mol.